The number of rotatable bonds is 7. The van der Waals surface area contributed by atoms with E-state index in [4.69, 9.17) is 9.84 Å². The van der Waals surface area contributed by atoms with Gasteiger partial charge in [0.2, 0.25) is 0 Å². The van der Waals surface area contributed by atoms with Gasteiger partial charge in [-0.3, -0.25) is 4.79 Å². The van der Waals surface area contributed by atoms with Gasteiger partial charge in [0, 0.05) is 5.57 Å². The molecular weight excluding hydrogens is 240 g/mol. The van der Waals surface area contributed by atoms with Crippen molar-refractivity contribution >= 4 is 17.9 Å². The Morgan fingerprint density at radius 1 is 1.06 bits per heavy atom. The van der Waals surface area contributed by atoms with Crippen molar-refractivity contribution < 1.29 is 29.0 Å². The number of methoxy groups -OCH3 is 1. The van der Waals surface area contributed by atoms with Crippen LogP contribution in [-0.4, -0.2) is 36.7 Å². The second kappa shape index (κ2) is 8.27. The van der Waals surface area contributed by atoms with E-state index in [0.29, 0.717) is 6.42 Å². The molecular formula is C12H18O6. The summed E-state index contributed by atoms with van der Waals surface area (Å²) in [5.74, 6) is -2.68. The van der Waals surface area contributed by atoms with Crippen molar-refractivity contribution in [2.75, 3.05) is 13.7 Å². The van der Waals surface area contributed by atoms with E-state index < -0.39 is 24.3 Å². The zero-order valence-corrected chi connectivity index (χ0v) is 10.8. The van der Waals surface area contributed by atoms with Crippen LogP contribution in [0.25, 0.3) is 0 Å². The molecule has 0 radical (unpaired) electrons. The molecule has 0 aliphatic carbocycles. The normalized spacial score (nSPS) is 11.5. The number of carboxylic acids is 1. The third-order valence-electron chi connectivity index (χ3n) is 2.15. The highest BCUT2D eigenvalue weighted by atomic mass is 16.5. The van der Waals surface area contributed by atoms with E-state index in [1.54, 1.807) is 6.92 Å². The van der Waals surface area contributed by atoms with Crippen molar-refractivity contribution in [3.05, 3.63) is 11.1 Å². The van der Waals surface area contributed by atoms with Gasteiger partial charge in [-0.15, -0.1) is 0 Å². The molecule has 0 rings (SSSR count). The average molecular weight is 258 g/mol. The summed E-state index contributed by atoms with van der Waals surface area (Å²) < 4.78 is 9.32. The molecule has 0 bridgehead atoms. The quantitative estimate of drug-likeness (QED) is 0.546. The lowest BCUT2D eigenvalue weighted by molar-refractivity contribution is -0.143. The first-order valence-corrected chi connectivity index (χ1v) is 5.67. The molecule has 18 heavy (non-hydrogen) atoms. The Bertz CT molecular complexity index is 356. The molecule has 0 aliphatic heterocycles. The molecule has 0 aromatic carbocycles. The fourth-order valence-electron chi connectivity index (χ4n) is 1.42. The lowest BCUT2D eigenvalue weighted by Crippen LogP contribution is -2.18. The van der Waals surface area contributed by atoms with Crippen molar-refractivity contribution in [3.8, 4) is 0 Å². The second-order valence-electron chi connectivity index (χ2n) is 3.49. The Hall–Kier alpha value is -1.85. The van der Waals surface area contributed by atoms with Crippen LogP contribution >= 0.6 is 0 Å². The molecule has 0 aliphatic rings. The van der Waals surface area contributed by atoms with Gasteiger partial charge in [-0.1, -0.05) is 13.3 Å². The zero-order valence-electron chi connectivity index (χ0n) is 10.8. The molecule has 0 spiro atoms. The summed E-state index contributed by atoms with van der Waals surface area (Å²) in [5.41, 5.74) is -0.0705. The average Bonchev–Trinajstić information content (AvgIpc) is 2.32. The highest BCUT2D eigenvalue weighted by molar-refractivity contribution is 6.02. The Morgan fingerprint density at radius 2 is 1.67 bits per heavy atom. The monoisotopic (exact) mass is 258 g/mol. The van der Waals surface area contributed by atoms with Crippen LogP contribution in [0, 0.1) is 0 Å². The molecule has 0 amide bonds. The lowest BCUT2D eigenvalue weighted by atomic mass is 10.0. The van der Waals surface area contributed by atoms with E-state index in [0.717, 1.165) is 0 Å². The number of ether oxygens (including phenoxy) is 2. The Balaban J connectivity index is 5.45. The van der Waals surface area contributed by atoms with E-state index in [-0.39, 0.29) is 24.2 Å². The maximum absolute atomic E-state index is 11.7. The summed E-state index contributed by atoms with van der Waals surface area (Å²) in [4.78, 5) is 34.0. The Kier molecular flexibility index (Phi) is 7.42. The summed E-state index contributed by atoms with van der Waals surface area (Å²) in [7, 11) is 1.18. The summed E-state index contributed by atoms with van der Waals surface area (Å²) in [6, 6.07) is 0. The van der Waals surface area contributed by atoms with E-state index in [1.807, 2.05) is 6.92 Å². The standard InChI is InChI=1S/C12H18O6/c1-4-6-8(11(15)17-3)9(7-10(13)14)12(16)18-5-2/h4-7H2,1-3H3,(H,13,14). The van der Waals surface area contributed by atoms with Crippen LogP contribution in [0.2, 0.25) is 0 Å². The third-order valence-corrected chi connectivity index (χ3v) is 2.15. The molecule has 0 saturated carbocycles. The van der Waals surface area contributed by atoms with Crippen molar-refractivity contribution in [1.82, 2.24) is 0 Å². The maximum Gasteiger partial charge on any atom is 0.335 e. The molecule has 0 fully saturated rings. The number of esters is 2. The minimum atomic E-state index is -1.20. The third kappa shape index (κ3) is 4.99. The minimum Gasteiger partial charge on any atom is -0.481 e. The van der Waals surface area contributed by atoms with Crippen molar-refractivity contribution in [1.29, 1.82) is 0 Å². The Labute approximate surface area is 106 Å². The predicted molar refractivity (Wildman–Crippen MR) is 62.8 cm³/mol. The molecule has 0 aromatic heterocycles. The second-order valence-corrected chi connectivity index (χ2v) is 3.49. The molecule has 6 heteroatoms. The summed E-state index contributed by atoms with van der Waals surface area (Å²) in [6.45, 7) is 3.53. The van der Waals surface area contributed by atoms with Gasteiger partial charge < -0.3 is 14.6 Å². The van der Waals surface area contributed by atoms with Gasteiger partial charge in [0.05, 0.1) is 25.7 Å². The first kappa shape index (κ1) is 16.1. The van der Waals surface area contributed by atoms with E-state index >= 15 is 0 Å². The predicted octanol–water partition coefficient (Wildman–Crippen LogP) is 1.29. The van der Waals surface area contributed by atoms with Crippen LogP contribution in [0.4, 0.5) is 0 Å². The summed E-state index contributed by atoms with van der Waals surface area (Å²) in [6.07, 6.45) is 0.310. The molecule has 1 N–H and O–H groups in total. The van der Waals surface area contributed by atoms with Crippen LogP contribution in [-0.2, 0) is 23.9 Å². The van der Waals surface area contributed by atoms with Gasteiger partial charge in [-0.2, -0.15) is 0 Å². The van der Waals surface area contributed by atoms with Crippen molar-refractivity contribution in [3.63, 3.8) is 0 Å². The summed E-state index contributed by atoms with van der Waals surface area (Å²) >= 11 is 0. The van der Waals surface area contributed by atoms with E-state index in [9.17, 15) is 14.4 Å². The summed E-state index contributed by atoms with van der Waals surface area (Å²) in [5, 5.41) is 8.78. The number of carboxylic acid groups (broad SMARTS) is 1. The van der Waals surface area contributed by atoms with Gasteiger partial charge in [0.1, 0.15) is 0 Å². The highest BCUT2D eigenvalue weighted by Crippen LogP contribution is 2.18. The van der Waals surface area contributed by atoms with Gasteiger partial charge >= 0.3 is 17.9 Å². The van der Waals surface area contributed by atoms with Crippen LogP contribution in [0.1, 0.15) is 33.1 Å². The van der Waals surface area contributed by atoms with Crippen molar-refractivity contribution in [2.24, 2.45) is 0 Å². The first-order valence-electron chi connectivity index (χ1n) is 5.67. The van der Waals surface area contributed by atoms with E-state index in [1.165, 1.54) is 7.11 Å². The minimum absolute atomic E-state index is 0.0702. The topological polar surface area (TPSA) is 89.9 Å². The number of aliphatic carboxylic acids is 1. The fourth-order valence-corrected chi connectivity index (χ4v) is 1.42. The first-order chi connectivity index (χ1) is 8.47. The van der Waals surface area contributed by atoms with Crippen LogP contribution in [0.3, 0.4) is 0 Å². The van der Waals surface area contributed by atoms with Crippen LogP contribution < -0.4 is 0 Å². The molecule has 0 atom stereocenters. The molecule has 102 valence electrons. The van der Waals surface area contributed by atoms with Gasteiger partial charge in [-0.25, -0.2) is 9.59 Å². The molecule has 0 unspecified atom stereocenters. The number of carbonyl (C=O) groups excluding carboxylic acids is 2. The largest absolute Gasteiger partial charge is 0.481 e. The Morgan fingerprint density at radius 3 is 2.06 bits per heavy atom. The number of carbonyl (C=O) groups is 3. The van der Waals surface area contributed by atoms with Crippen LogP contribution in [0.15, 0.2) is 11.1 Å². The van der Waals surface area contributed by atoms with Gasteiger partial charge in [-0.05, 0) is 13.3 Å². The lowest BCUT2D eigenvalue weighted by Gasteiger charge is -2.11. The maximum atomic E-state index is 11.7. The molecule has 0 aromatic rings. The SMILES string of the molecule is CCCC(C(=O)OC)=C(CC(=O)O)C(=O)OCC. The molecule has 0 heterocycles. The van der Waals surface area contributed by atoms with Crippen LogP contribution in [0.5, 0.6) is 0 Å². The van der Waals surface area contributed by atoms with Gasteiger partial charge in [0.15, 0.2) is 0 Å². The smallest absolute Gasteiger partial charge is 0.335 e. The van der Waals surface area contributed by atoms with E-state index in [2.05, 4.69) is 4.74 Å². The van der Waals surface area contributed by atoms with Crippen molar-refractivity contribution in [2.45, 2.75) is 33.1 Å². The van der Waals surface area contributed by atoms with Gasteiger partial charge in [0.25, 0.3) is 0 Å². The zero-order chi connectivity index (χ0) is 14.1. The fraction of sp³-hybridized carbons (Fsp3) is 0.583. The number of hydrogen-bond acceptors (Lipinski definition) is 5. The molecule has 0 saturated heterocycles. The molecule has 6 nitrogen and oxygen atoms in total. The number of hydrogen-bond donors (Lipinski definition) is 1. The highest BCUT2D eigenvalue weighted by Gasteiger charge is 2.24.